The van der Waals surface area contributed by atoms with Gasteiger partial charge in [-0.05, 0) is 17.7 Å². The number of oxazole rings is 1. The minimum absolute atomic E-state index is 0.231. The minimum atomic E-state index is -0.231. The third-order valence-corrected chi connectivity index (χ3v) is 2.87. The fourth-order valence-corrected chi connectivity index (χ4v) is 1.84. The molecule has 0 radical (unpaired) electrons. The highest BCUT2D eigenvalue weighted by atomic mass is 19.1. The van der Waals surface area contributed by atoms with Gasteiger partial charge >= 0.3 is 0 Å². The summed E-state index contributed by atoms with van der Waals surface area (Å²) in [4.78, 5) is 6.26. The molecular weight excluding hydrogens is 257 g/mol. The molecule has 0 atom stereocenters. The van der Waals surface area contributed by atoms with Gasteiger partial charge in [-0.1, -0.05) is 26.0 Å². The van der Waals surface area contributed by atoms with E-state index in [9.17, 15) is 4.39 Å². The van der Waals surface area contributed by atoms with Crippen molar-refractivity contribution in [3.63, 3.8) is 0 Å². The van der Waals surface area contributed by atoms with Crippen LogP contribution in [0.25, 0.3) is 0 Å². The zero-order valence-electron chi connectivity index (χ0n) is 12.1. The Bertz CT molecular complexity index is 554. The van der Waals surface area contributed by atoms with Gasteiger partial charge in [0.15, 0.2) is 0 Å². The number of hydrogen-bond donors (Lipinski definition) is 1. The number of nitrogens with zero attached hydrogens (tertiary/aromatic N) is 2. The number of halogens is 1. The lowest BCUT2D eigenvalue weighted by Gasteiger charge is -2.14. The van der Waals surface area contributed by atoms with Crippen LogP contribution in [-0.4, -0.2) is 18.1 Å². The molecule has 4 nitrogen and oxygen atoms in total. The Hall–Kier alpha value is -1.88. The molecule has 0 saturated heterocycles. The van der Waals surface area contributed by atoms with Crippen molar-refractivity contribution < 1.29 is 8.81 Å². The molecule has 0 spiro atoms. The summed E-state index contributed by atoms with van der Waals surface area (Å²) in [6.07, 6.45) is 1.65. The lowest BCUT2D eigenvalue weighted by Crippen LogP contribution is -2.22. The first-order chi connectivity index (χ1) is 9.54. The maximum atomic E-state index is 13.1. The van der Waals surface area contributed by atoms with Gasteiger partial charge in [0, 0.05) is 26.2 Å². The number of nitrogens with one attached hydrogen (secondary N) is 1. The van der Waals surface area contributed by atoms with E-state index in [-0.39, 0.29) is 5.82 Å². The van der Waals surface area contributed by atoms with Crippen molar-refractivity contribution >= 4 is 6.01 Å². The van der Waals surface area contributed by atoms with Gasteiger partial charge in [-0.15, -0.1) is 0 Å². The Kier molecular flexibility index (Phi) is 4.74. The Balaban J connectivity index is 1.97. The van der Waals surface area contributed by atoms with Crippen LogP contribution in [0.2, 0.25) is 0 Å². The van der Waals surface area contributed by atoms with Crippen LogP contribution >= 0.6 is 0 Å². The van der Waals surface area contributed by atoms with Gasteiger partial charge in [0.25, 0.3) is 6.01 Å². The Morgan fingerprint density at radius 3 is 2.90 bits per heavy atom. The van der Waals surface area contributed by atoms with E-state index in [1.54, 1.807) is 12.3 Å². The van der Waals surface area contributed by atoms with Crippen LogP contribution < -0.4 is 10.2 Å². The molecule has 0 unspecified atom stereocenters. The largest absolute Gasteiger partial charge is 0.432 e. The van der Waals surface area contributed by atoms with Crippen molar-refractivity contribution in [1.29, 1.82) is 0 Å². The van der Waals surface area contributed by atoms with Crippen molar-refractivity contribution in [3.05, 3.63) is 47.6 Å². The van der Waals surface area contributed by atoms with Gasteiger partial charge in [-0.25, -0.2) is 4.39 Å². The summed E-state index contributed by atoms with van der Waals surface area (Å²) in [5, 5.41) is 3.28. The fraction of sp³-hybridized carbons (Fsp3) is 0.400. The zero-order valence-corrected chi connectivity index (χ0v) is 12.1. The summed E-state index contributed by atoms with van der Waals surface area (Å²) in [6, 6.07) is 7.47. The predicted octanol–water partition coefficient (Wildman–Crippen LogP) is 2.95. The van der Waals surface area contributed by atoms with Crippen LogP contribution in [0.5, 0.6) is 0 Å². The lowest BCUT2D eigenvalue weighted by atomic mass is 10.2. The molecule has 5 heteroatoms. The molecule has 0 bridgehead atoms. The van der Waals surface area contributed by atoms with E-state index in [2.05, 4.69) is 24.1 Å². The molecule has 20 heavy (non-hydrogen) atoms. The smallest absolute Gasteiger partial charge is 0.297 e. The third kappa shape index (κ3) is 4.06. The van der Waals surface area contributed by atoms with Gasteiger partial charge in [0.1, 0.15) is 12.1 Å². The summed E-state index contributed by atoms with van der Waals surface area (Å²) in [5.74, 6) is -0.231. The molecule has 2 rings (SSSR count). The first kappa shape index (κ1) is 14.5. The van der Waals surface area contributed by atoms with Gasteiger partial charge < -0.3 is 14.6 Å². The average Bonchev–Trinajstić information content (AvgIpc) is 2.85. The number of benzene rings is 1. The van der Waals surface area contributed by atoms with Crippen LogP contribution in [0.15, 0.2) is 34.9 Å². The molecule has 0 aliphatic heterocycles. The van der Waals surface area contributed by atoms with E-state index in [0.29, 0.717) is 25.1 Å². The zero-order chi connectivity index (χ0) is 14.5. The van der Waals surface area contributed by atoms with Crippen LogP contribution in [0.3, 0.4) is 0 Å². The van der Waals surface area contributed by atoms with Gasteiger partial charge in [0.05, 0.1) is 5.69 Å². The molecule has 1 N–H and O–H groups in total. The van der Waals surface area contributed by atoms with E-state index in [4.69, 9.17) is 4.42 Å². The standard InChI is InChI=1S/C15H20FN3O/c1-11(2)17-8-14-10-20-15(18-14)19(3)9-12-5-4-6-13(16)7-12/h4-7,10-11,17H,8-9H2,1-3H3. The highest BCUT2D eigenvalue weighted by Crippen LogP contribution is 2.15. The molecule has 2 aromatic rings. The molecule has 1 aromatic carbocycles. The SMILES string of the molecule is CC(C)NCc1coc(N(C)Cc2cccc(F)c2)n1. The van der Waals surface area contributed by atoms with Crippen LogP contribution in [0.4, 0.5) is 10.4 Å². The van der Waals surface area contributed by atoms with E-state index in [1.807, 2.05) is 18.0 Å². The van der Waals surface area contributed by atoms with Crippen molar-refractivity contribution in [2.75, 3.05) is 11.9 Å². The average molecular weight is 277 g/mol. The van der Waals surface area contributed by atoms with E-state index in [0.717, 1.165) is 11.3 Å². The topological polar surface area (TPSA) is 41.3 Å². The second-order valence-corrected chi connectivity index (χ2v) is 5.14. The maximum absolute atomic E-state index is 13.1. The number of hydrogen-bond acceptors (Lipinski definition) is 4. The van der Waals surface area contributed by atoms with Gasteiger partial charge in [-0.3, -0.25) is 0 Å². The molecule has 0 fully saturated rings. The lowest BCUT2D eigenvalue weighted by molar-refractivity contribution is 0.539. The number of anilines is 1. The van der Waals surface area contributed by atoms with E-state index in [1.165, 1.54) is 12.1 Å². The Morgan fingerprint density at radius 2 is 2.20 bits per heavy atom. The quantitative estimate of drug-likeness (QED) is 0.881. The summed E-state index contributed by atoms with van der Waals surface area (Å²) in [5.41, 5.74) is 1.74. The Labute approximate surface area is 118 Å². The van der Waals surface area contributed by atoms with Crippen molar-refractivity contribution in [1.82, 2.24) is 10.3 Å². The first-order valence-electron chi connectivity index (χ1n) is 6.68. The third-order valence-electron chi connectivity index (χ3n) is 2.87. The monoisotopic (exact) mass is 277 g/mol. The summed E-state index contributed by atoms with van der Waals surface area (Å²) in [7, 11) is 1.87. The van der Waals surface area contributed by atoms with Crippen LogP contribution in [0, 0.1) is 5.82 Å². The Morgan fingerprint density at radius 1 is 1.40 bits per heavy atom. The molecule has 0 aliphatic rings. The molecule has 0 aliphatic carbocycles. The number of aromatic nitrogens is 1. The second kappa shape index (κ2) is 6.52. The summed E-state index contributed by atoms with van der Waals surface area (Å²) in [6.45, 7) is 5.39. The van der Waals surface area contributed by atoms with E-state index >= 15 is 0 Å². The molecule has 0 amide bonds. The van der Waals surface area contributed by atoms with Crippen LogP contribution in [-0.2, 0) is 13.1 Å². The first-order valence-corrected chi connectivity index (χ1v) is 6.68. The molecular formula is C15H20FN3O. The van der Waals surface area contributed by atoms with Gasteiger partial charge in [-0.2, -0.15) is 4.98 Å². The minimum Gasteiger partial charge on any atom is -0.432 e. The fourth-order valence-electron chi connectivity index (χ4n) is 1.84. The molecule has 108 valence electrons. The normalized spacial score (nSPS) is 11.1. The highest BCUT2D eigenvalue weighted by Gasteiger charge is 2.10. The second-order valence-electron chi connectivity index (χ2n) is 5.14. The molecule has 0 saturated carbocycles. The van der Waals surface area contributed by atoms with Crippen molar-refractivity contribution in [2.45, 2.75) is 33.0 Å². The van der Waals surface area contributed by atoms with E-state index < -0.39 is 0 Å². The highest BCUT2D eigenvalue weighted by molar-refractivity contribution is 5.29. The predicted molar refractivity (Wildman–Crippen MR) is 77.0 cm³/mol. The maximum Gasteiger partial charge on any atom is 0.297 e. The van der Waals surface area contributed by atoms with Crippen LogP contribution in [0.1, 0.15) is 25.1 Å². The van der Waals surface area contributed by atoms with Crippen molar-refractivity contribution in [3.8, 4) is 0 Å². The van der Waals surface area contributed by atoms with Gasteiger partial charge in [0.2, 0.25) is 0 Å². The summed E-state index contributed by atoms with van der Waals surface area (Å²) >= 11 is 0. The summed E-state index contributed by atoms with van der Waals surface area (Å²) < 4.78 is 18.6. The molecule has 1 heterocycles. The molecule has 1 aromatic heterocycles. The number of rotatable bonds is 6. The van der Waals surface area contributed by atoms with Crippen molar-refractivity contribution in [2.24, 2.45) is 0 Å².